The van der Waals surface area contributed by atoms with E-state index in [2.05, 4.69) is 0 Å². The number of ether oxygens (including phenoxy) is 1. The van der Waals surface area contributed by atoms with E-state index in [9.17, 15) is 9.59 Å². The summed E-state index contributed by atoms with van der Waals surface area (Å²) in [7, 11) is 0. The summed E-state index contributed by atoms with van der Waals surface area (Å²) in [6, 6.07) is 0. The predicted molar refractivity (Wildman–Crippen MR) is 51.6 cm³/mol. The fraction of sp³-hybridized carbons (Fsp3) is 0.800. The van der Waals surface area contributed by atoms with Crippen LogP contribution in [0.1, 0.15) is 27.2 Å². The van der Waals surface area contributed by atoms with E-state index >= 15 is 0 Å². The van der Waals surface area contributed by atoms with Crippen LogP contribution in [-0.2, 0) is 14.3 Å². The highest BCUT2D eigenvalue weighted by Gasteiger charge is 2.31. The molecule has 0 N–H and O–H groups in total. The summed E-state index contributed by atoms with van der Waals surface area (Å²) in [6.07, 6.45) is 1.50. The summed E-state index contributed by atoms with van der Waals surface area (Å²) >= 11 is 0. The third-order valence-electron chi connectivity index (χ3n) is 2.11. The molecule has 0 radical (unpaired) electrons. The molecule has 0 aliphatic carbocycles. The number of carbonyl (C=O) groups is 2. The first-order chi connectivity index (χ1) is 6.42. The number of esters is 1. The summed E-state index contributed by atoms with van der Waals surface area (Å²) in [6.45, 7) is 6.69. The van der Waals surface area contributed by atoms with Gasteiger partial charge in [0, 0.05) is 13.1 Å². The van der Waals surface area contributed by atoms with Crippen LogP contribution in [-0.4, -0.2) is 36.0 Å². The van der Waals surface area contributed by atoms with Crippen molar-refractivity contribution in [3.05, 3.63) is 0 Å². The van der Waals surface area contributed by atoms with Gasteiger partial charge in [0.05, 0.1) is 5.92 Å². The van der Waals surface area contributed by atoms with Gasteiger partial charge in [-0.1, -0.05) is 0 Å². The van der Waals surface area contributed by atoms with Crippen molar-refractivity contribution in [2.45, 2.75) is 32.8 Å². The van der Waals surface area contributed by atoms with E-state index in [1.54, 1.807) is 4.90 Å². The number of hydrogen-bond acceptors (Lipinski definition) is 3. The molecule has 1 atom stereocenters. The Bertz CT molecular complexity index is 232. The summed E-state index contributed by atoms with van der Waals surface area (Å²) in [5.74, 6) is -0.332. The van der Waals surface area contributed by atoms with Gasteiger partial charge in [0.2, 0.25) is 6.41 Å². The lowest BCUT2D eigenvalue weighted by molar-refractivity contribution is -0.159. The Morgan fingerprint density at radius 1 is 1.50 bits per heavy atom. The summed E-state index contributed by atoms with van der Waals surface area (Å²) in [4.78, 5) is 23.6. The Hall–Kier alpha value is -1.06. The molecule has 0 aromatic rings. The van der Waals surface area contributed by atoms with Crippen LogP contribution >= 0.6 is 0 Å². The van der Waals surface area contributed by atoms with E-state index in [0.29, 0.717) is 19.5 Å². The number of amides is 1. The van der Waals surface area contributed by atoms with Gasteiger partial charge in [-0.05, 0) is 27.2 Å². The molecule has 0 aromatic carbocycles. The predicted octanol–water partition coefficient (Wildman–Crippen LogP) is 0.806. The van der Waals surface area contributed by atoms with E-state index in [-0.39, 0.29) is 11.9 Å². The zero-order valence-corrected chi connectivity index (χ0v) is 8.95. The van der Waals surface area contributed by atoms with Crippen LogP contribution in [0, 0.1) is 5.92 Å². The number of carbonyl (C=O) groups excluding carboxylic acids is 2. The molecule has 1 aliphatic rings. The van der Waals surface area contributed by atoms with Crippen LogP contribution < -0.4 is 0 Å². The highest BCUT2D eigenvalue weighted by molar-refractivity contribution is 5.74. The number of rotatable bonds is 2. The molecule has 1 saturated heterocycles. The smallest absolute Gasteiger partial charge is 0.311 e. The van der Waals surface area contributed by atoms with Gasteiger partial charge in [-0.2, -0.15) is 0 Å². The van der Waals surface area contributed by atoms with Crippen LogP contribution in [0.25, 0.3) is 0 Å². The standard InChI is InChI=1S/C10H17NO3/c1-10(2,3)14-9(13)8-4-5-11(6-8)7-12/h7-8H,4-6H2,1-3H3. The Labute approximate surface area is 84.2 Å². The van der Waals surface area contributed by atoms with Crippen molar-refractivity contribution in [2.75, 3.05) is 13.1 Å². The molecule has 1 unspecified atom stereocenters. The Morgan fingerprint density at radius 3 is 2.57 bits per heavy atom. The topological polar surface area (TPSA) is 46.6 Å². The average molecular weight is 199 g/mol. The summed E-state index contributed by atoms with van der Waals surface area (Å²) < 4.78 is 5.23. The molecule has 1 heterocycles. The highest BCUT2D eigenvalue weighted by atomic mass is 16.6. The van der Waals surface area contributed by atoms with Crippen LogP contribution in [0.4, 0.5) is 0 Å². The highest BCUT2D eigenvalue weighted by Crippen LogP contribution is 2.19. The molecule has 14 heavy (non-hydrogen) atoms. The van der Waals surface area contributed by atoms with Crippen LogP contribution in [0.15, 0.2) is 0 Å². The largest absolute Gasteiger partial charge is 0.460 e. The Balaban J connectivity index is 2.43. The zero-order chi connectivity index (χ0) is 10.8. The Kier molecular flexibility index (Phi) is 3.13. The Morgan fingerprint density at radius 2 is 2.14 bits per heavy atom. The number of nitrogens with zero attached hydrogens (tertiary/aromatic N) is 1. The maximum absolute atomic E-state index is 11.6. The second kappa shape index (κ2) is 3.98. The molecule has 1 aliphatic heterocycles. The van der Waals surface area contributed by atoms with Crippen molar-refractivity contribution in [3.63, 3.8) is 0 Å². The average Bonchev–Trinajstić information content (AvgIpc) is 2.48. The zero-order valence-electron chi connectivity index (χ0n) is 8.95. The van der Waals surface area contributed by atoms with Gasteiger partial charge in [-0.25, -0.2) is 0 Å². The molecule has 1 amide bonds. The fourth-order valence-corrected chi connectivity index (χ4v) is 1.46. The molecule has 0 saturated carbocycles. The van der Waals surface area contributed by atoms with Gasteiger partial charge in [0.15, 0.2) is 0 Å². The van der Waals surface area contributed by atoms with Crippen molar-refractivity contribution in [2.24, 2.45) is 5.92 Å². The van der Waals surface area contributed by atoms with Crippen LogP contribution in [0.2, 0.25) is 0 Å². The van der Waals surface area contributed by atoms with E-state index < -0.39 is 5.60 Å². The lowest BCUT2D eigenvalue weighted by Crippen LogP contribution is -2.30. The second-order valence-corrected chi connectivity index (χ2v) is 4.62. The first-order valence-electron chi connectivity index (χ1n) is 4.84. The van der Waals surface area contributed by atoms with Gasteiger partial charge in [0.25, 0.3) is 0 Å². The van der Waals surface area contributed by atoms with Gasteiger partial charge in [0.1, 0.15) is 5.60 Å². The van der Waals surface area contributed by atoms with Crippen molar-refractivity contribution in [1.82, 2.24) is 4.90 Å². The molecular formula is C10H17NO3. The van der Waals surface area contributed by atoms with E-state index in [4.69, 9.17) is 4.74 Å². The van der Waals surface area contributed by atoms with E-state index in [1.165, 1.54) is 0 Å². The molecule has 0 bridgehead atoms. The molecule has 1 rings (SSSR count). The van der Waals surface area contributed by atoms with Crippen molar-refractivity contribution >= 4 is 12.4 Å². The molecule has 0 aromatic heterocycles. The maximum atomic E-state index is 11.6. The molecule has 0 spiro atoms. The minimum atomic E-state index is -0.439. The summed E-state index contributed by atoms with van der Waals surface area (Å²) in [5.41, 5.74) is -0.439. The van der Waals surface area contributed by atoms with Gasteiger partial charge in [-0.3, -0.25) is 9.59 Å². The minimum absolute atomic E-state index is 0.139. The molecule has 80 valence electrons. The third-order valence-corrected chi connectivity index (χ3v) is 2.11. The normalized spacial score (nSPS) is 22.2. The minimum Gasteiger partial charge on any atom is -0.460 e. The van der Waals surface area contributed by atoms with Gasteiger partial charge < -0.3 is 9.64 Å². The van der Waals surface area contributed by atoms with Crippen LogP contribution in [0.5, 0.6) is 0 Å². The summed E-state index contributed by atoms with van der Waals surface area (Å²) in [5, 5.41) is 0. The maximum Gasteiger partial charge on any atom is 0.311 e. The number of likely N-dealkylation sites (tertiary alicyclic amines) is 1. The van der Waals surface area contributed by atoms with E-state index in [0.717, 1.165) is 6.41 Å². The first kappa shape index (κ1) is 11.0. The van der Waals surface area contributed by atoms with E-state index in [1.807, 2.05) is 20.8 Å². The second-order valence-electron chi connectivity index (χ2n) is 4.62. The van der Waals surface area contributed by atoms with Crippen molar-refractivity contribution in [1.29, 1.82) is 0 Å². The molecule has 4 nitrogen and oxygen atoms in total. The third kappa shape index (κ3) is 3.01. The SMILES string of the molecule is CC(C)(C)OC(=O)C1CCN(C=O)C1. The lowest BCUT2D eigenvalue weighted by atomic mass is 10.1. The lowest BCUT2D eigenvalue weighted by Gasteiger charge is -2.21. The molecular weight excluding hydrogens is 182 g/mol. The van der Waals surface area contributed by atoms with Gasteiger partial charge in [-0.15, -0.1) is 0 Å². The van der Waals surface area contributed by atoms with Crippen molar-refractivity contribution in [3.8, 4) is 0 Å². The van der Waals surface area contributed by atoms with Gasteiger partial charge >= 0.3 is 5.97 Å². The molecule has 1 fully saturated rings. The van der Waals surface area contributed by atoms with Crippen molar-refractivity contribution < 1.29 is 14.3 Å². The fourth-order valence-electron chi connectivity index (χ4n) is 1.46. The van der Waals surface area contributed by atoms with Crippen LogP contribution in [0.3, 0.4) is 0 Å². The first-order valence-corrected chi connectivity index (χ1v) is 4.84. The monoisotopic (exact) mass is 199 g/mol. The molecule has 4 heteroatoms. The number of hydrogen-bond donors (Lipinski definition) is 0. The quantitative estimate of drug-likeness (QED) is 0.488.